The van der Waals surface area contributed by atoms with Gasteiger partial charge in [0.15, 0.2) is 5.96 Å². The molecule has 6 nitrogen and oxygen atoms in total. The van der Waals surface area contributed by atoms with E-state index < -0.39 is 0 Å². The van der Waals surface area contributed by atoms with Crippen molar-refractivity contribution in [2.24, 2.45) is 4.99 Å². The molecule has 156 valence electrons. The lowest BCUT2D eigenvalue weighted by molar-refractivity contribution is 0.0963. The van der Waals surface area contributed by atoms with Crippen molar-refractivity contribution in [2.45, 2.75) is 33.2 Å². The molecule has 0 bridgehead atoms. The highest BCUT2D eigenvalue weighted by Crippen LogP contribution is 2.14. The molecule has 3 N–H and O–H groups in total. The molecule has 0 radical (unpaired) electrons. The van der Waals surface area contributed by atoms with Crippen molar-refractivity contribution >= 4 is 11.9 Å². The molecule has 6 heteroatoms. The van der Waals surface area contributed by atoms with Crippen molar-refractivity contribution < 1.29 is 9.53 Å². The maximum Gasteiger partial charge on any atom is 0.251 e. The predicted molar refractivity (Wildman–Crippen MR) is 119 cm³/mol. The number of rotatable bonds is 10. The fourth-order valence-corrected chi connectivity index (χ4v) is 2.80. The second kappa shape index (κ2) is 12.4. The number of guanidine groups is 1. The monoisotopic (exact) mass is 396 g/mol. The summed E-state index contributed by atoms with van der Waals surface area (Å²) in [5.74, 6) is 1.59. The van der Waals surface area contributed by atoms with Crippen LogP contribution < -0.4 is 20.7 Å². The summed E-state index contributed by atoms with van der Waals surface area (Å²) >= 11 is 0. The van der Waals surface area contributed by atoms with Gasteiger partial charge in [-0.2, -0.15) is 0 Å². The summed E-state index contributed by atoms with van der Waals surface area (Å²) in [5.41, 5.74) is 2.89. The van der Waals surface area contributed by atoms with Crippen LogP contribution in [0.4, 0.5) is 0 Å². The van der Waals surface area contributed by atoms with Crippen LogP contribution in [0.25, 0.3) is 0 Å². The predicted octanol–water partition coefficient (Wildman–Crippen LogP) is 3.13. The van der Waals surface area contributed by atoms with Gasteiger partial charge in [-0.3, -0.25) is 4.79 Å². The van der Waals surface area contributed by atoms with Gasteiger partial charge in [-0.15, -0.1) is 0 Å². The van der Waals surface area contributed by atoms with Crippen LogP contribution in [0.3, 0.4) is 0 Å². The molecule has 2 rings (SSSR count). The SMILES string of the molecule is CCCOc1cccc(CN=C(NCC)NCCc2cccc(C(=O)NC)c2)c1. The highest BCUT2D eigenvalue weighted by molar-refractivity contribution is 5.94. The first kappa shape index (κ1) is 22.3. The molecule has 0 atom stereocenters. The summed E-state index contributed by atoms with van der Waals surface area (Å²) in [4.78, 5) is 16.4. The van der Waals surface area contributed by atoms with E-state index in [4.69, 9.17) is 4.74 Å². The molecule has 0 aromatic heterocycles. The van der Waals surface area contributed by atoms with Gasteiger partial charge < -0.3 is 20.7 Å². The number of benzene rings is 2. The van der Waals surface area contributed by atoms with Gasteiger partial charge in [0.25, 0.3) is 5.91 Å². The molecule has 0 aliphatic rings. The lowest BCUT2D eigenvalue weighted by Crippen LogP contribution is -2.38. The number of hydrogen-bond donors (Lipinski definition) is 3. The number of aliphatic imine (C=N–C) groups is 1. The number of carbonyl (C=O) groups is 1. The Morgan fingerprint density at radius 3 is 2.59 bits per heavy atom. The maximum atomic E-state index is 11.8. The summed E-state index contributed by atoms with van der Waals surface area (Å²) in [6.45, 7) is 6.95. The van der Waals surface area contributed by atoms with E-state index in [1.54, 1.807) is 7.05 Å². The van der Waals surface area contributed by atoms with Crippen molar-refractivity contribution in [3.8, 4) is 5.75 Å². The number of nitrogens with zero attached hydrogens (tertiary/aromatic N) is 1. The molecular weight excluding hydrogens is 364 g/mol. The molecule has 0 spiro atoms. The molecule has 0 aliphatic heterocycles. The lowest BCUT2D eigenvalue weighted by Gasteiger charge is -2.12. The van der Waals surface area contributed by atoms with E-state index in [1.807, 2.05) is 49.4 Å². The molecule has 2 aromatic carbocycles. The number of nitrogens with one attached hydrogen (secondary N) is 3. The van der Waals surface area contributed by atoms with Crippen molar-refractivity contribution in [1.29, 1.82) is 0 Å². The van der Waals surface area contributed by atoms with Crippen LogP contribution in [-0.2, 0) is 13.0 Å². The molecule has 2 aromatic rings. The second-order valence-electron chi connectivity index (χ2n) is 6.65. The minimum atomic E-state index is -0.0696. The molecule has 1 amide bonds. The van der Waals surface area contributed by atoms with Crippen LogP contribution in [0.5, 0.6) is 5.75 Å². The Morgan fingerprint density at radius 1 is 1.03 bits per heavy atom. The molecule has 0 unspecified atom stereocenters. The quantitative estimate of drug-likeness (QED) is 0.426. The van der Waals surface area contributed by atoms with Crippen molar-refractivity contribution in [3.63, 3.8) is 0 Å². The minimum absolute atomic E-state index is 0.0696. The van der Waals surface area contributed by atoms with Gasteiger partial charge in [0, 0.05) is 25.7 Å². The first-order valence-corrected chi connectivity index (χ1v) is 10.2. The third kappa shape index (κ3) is 7.86. The Morgan fingerprint density at radius 2 is 1.83 bits per heavy atom. The smallest absolute Gasteiger partial charge is 0.251 e. The molecule has 0 saturated carbocycles. The van der Waals surface area contributed by atoms with E-state index in [2.05, 4.69) is 33.9 Å². The van der Waals surface area contributed by atoms with E-state index in [-0.39, 0.29) is 5.91 Å². The number of carbonyl (C=O) groups excluding carboxylic acids is 1. The summed E-state index contributed by atoms with van der Waals surface area (Å²) in [6.07, 6.45) is 1.79. The highest BCUT2D eigenvalue weighted by atomic mass is 16.5. The Balaban J connectivity index is 1.92. The van der Waals surface area contributed by atoms with E-state index in [9.17, 15) is 4.79 Å². The van der Waals surface area contributed by atoms with Gasteiger partial charge in [0.2, 0.25) is 0 Å². The molecule has 0 fully saturated rings. The molecule has 0 heterocycles. The Labute approximate surface area is 173 Å². The summed E-state index contributed by atoms with van der Waals surface area (Å²) in [5, 5.41) is 9.28. The molecule has 0 saturated heterocycles. The van der Waals surface area contributed by atoms with Crippen LogP contribution in [0.1, 0.15) is 41.8 Å². The zero-order valence-electron chi connectivity index (χ0n) is 17.6. The van der Waals surface area contributed by atoms with Gasteiger partial charge >= 0.3 is 0 Å². The van der Waals surface area contributed by atoms with Crippen molar-refractivity contribution in [1.82, 2.24) is 16.0 Å². The zero-order valence-corrected chi connectivity index (χ0v) is 17.6. The second-order valence-corrected chi connectivity index (χ2v) is 6.65. The van der Waals surface area contributed by atoms with Gasteiger partial charge in [-0.05, 0) is 55.2 Å². The molecule has 29 heavy (non-hydrogen) atoms. The van der Waals surface area contributed by atoms with E-state index in [0.717, 1.165) is 55.4 Å². The first-order chi connectivity index (χ1) is 14.2. The average molecular weight is 397 g/mol. The number of amides is 1. The Kier molecular flexibility index (Phi) is 9.55. The number of hydrogen-bond acceptors (Lipinski definition) is 3. The zero-order chi connectivity index (χ0) is 20.9. The van der Waals surface area contributed by atoms with Gasteiger partial charge in [-0.25, -0.2) is 4.99 Å². The summed E-state index contributed by atoms with van der Waals surface area (Å²) in [6, 6.07) is 15.7. The highest BCUT2D eigenvalue weighted by Gasteiger charge is 2.04. The molecular formula is C23H32N4O2. The standard InChI is InChI=1S/C23H32N4O2/c1-4-14-29-21-11-7-9-19(16-21)17-27-23(25-5-2)26-13-12-18-8-6-10-20(15-18)22(28)24-3/h6-11,15-16H,4-5,12-14,17H2,1-3H3,(H,24,28)(H2,25,26,27). The number of ether oxygens (including phenoxy) is 1. The van der Waals surface area contributed by atoms with Crippen LogP contribution in [0.2, 0.25) is 0 Å². The normalized spacial score (nSPS) is 11.1. The lowest BCUT2D eigenvalue weighted by atomic mass is 10.1. The van der Waals surface area contributed by atoms with Crippen LogP contribution in [0.15, 0.2) is 53.5 Å². The first-order valence-electron chi connectivity index (χ1n) is 10.2. The van der Waals surface area contributed by atoms with Crippen LogP contribution in [0, 0.1) is 0 Å². The fraction of sp³-hybridized carbons (Fsp3) is 0.391. The van der Waals surface area contributed by atoms with Crippen molar-refractivity contribution in [2.75, 3.05) is 26.7 Å². The summed E-state index contributed by atoms with van der Waals surface area (Å²) < 4.78 is 5.69. The average Bonchev–Trinajstić information content (AvgIpc) is 2.76. The van der Waals surface area contributed by atoms with Gasteiger partial charge in [-0.1, -0.05) is 31.2 Å². The van der Waals surface area contributed by atoms with Crippen molar-refractivity contribution in [3.05, 3.63) is 65.2 Å². The third-order valence-corrected chi connectivity index (χ3v) is 4.26. The van der Waals surface area contributed by atoms with Gasteiger partial charge in [0.05, 0.1) is 13.2 Å². The van der Waals surface area contributed by atoms with Gasteiger partial charge in [0.1, 0.15) is 5.75 Å². The van der Waals surface area contributed by atoms with E-state index in [1.165, 1.54) is 0 Å². The minimum Gasteiger partial charge on any atom is -0.494 e. The fourth-order valence-electron chi connectivity index (χ4n) is 2.80. The van der Waals surface area contributed by atoms with Crippen LogP contribution >= 0.6 is 0 Å². The van der Waals surface area contributed by atoms with E-state index in [0.29, 0.717) is 12.1 Å². The molecule has 0 aliphatic carbocycles. The largest absolute Gasteiger partial charge is 0.494 e. The Bertz CT molecular complexity index is 805. The Hall–Kier alpha value is -3.02. The maximum absolute atomic E-state index is 11.8. The van der Waals surface area contributed by atoms with Crippen LogP contribution in [-0.4, -0.2) is 38.6 Å². The third-order valence-electron chi connectivity index (χ3n) is 4.26. The summed E-state index contributed by atoms with van der Waals surface area (Å²) in [7, 11) is 1.64. The van der Waals surface area contributed by atoms with E-state index >= 15 is 0 Å². The topological polar surface area (TPSA) is 74.8 Å².